The lowest BCUT2D eigenvalue weighted by atomic mass is 9.95. The second-order valence-electron chi connectivity index (χ2n) is 5.60. The first-order chi connectivity index (χ1) is 9.69. The van der Waals surface area contributed by atoms with E-state index in [1.54, 1.807) is 0 Å². The minimum Gasteiger partial charge on any atom is -0.399 e. The maximum absolute atomic E-state index is 12.3. The number of fused-ring (bicyclic) bond motifs is 3. The zero-order chi connectivity index (χ0) is 13.7. The molecule has 2 bridgehead atoms. The molecule has 104 valence electrons. The predicted molar refractivity (Wildman–Crippen MR) is 80.0 cm³/mol. The number of anilines is 1. The van der Waals surface area contributed by atoms with Crippen molar-refractivity contribution >= 4 is 33.0 Å². The Morgan fingerprint density at radius 3 is 3.00 bits per heavy atom. The second kappa shape index (κ2) is 4.46. The SMILES string of the molecule is Nc1ccc2sc(C(=O)NC3CC4CCC3O4)cc2c1. The average molecular weight is 288 g/mol. The topological polar surface area (TPSA) is 64.4 Å². The van der Waals surface area contributed by atoms with Gasteiger partial charge in [-0.15, -0.1) is 11.3 Å². The molecule has 0 aliphatic carbocycles. The zero-order valence-corrected chi connectivity index (χ0v) is 11.8. The van der Waals surface area contributed by atoms with Crippen LogP contribution in [0.5, 0.6) is 0 Å². The number of hydrogen-bond acceptors (Lipinski definition) is 4. The quantitative estimate of drug-likeness (QED) is 0.835. The van der Waals surface area contributed by atoms with Crippen molar-refractivity contribution in [2.45, 2.75) is 37.5 Å². The molecule has 3 unspecified atom stereocenters. The molecule has 3 N–H and O–H groups in total. The molecular weight excluding hydrogens is 272 g/mol. The van der Waals surface area contributed by atoms with Crippen LogP contribution in [0.2, 0.25) is 0 Å². The molecule has 5 heteroatoms. The second-order valence-corrected chi connectivity index (χ2v) is 6.68. The summed E-state index contributed by atoms with van der Waals surface area (Å²) in [7, 11) is 0. The van der Waals surface area contributed by atoms with Crippen LogP contribution < -0.4 is 11.1 Å². The minimum atomic E-state index is 0.00548. The van der Waals surface area contributed by atoms with Gasteiger partial charge in [0, 0.05) is 10.4 Å². The number of hydrogen-bond donors (Lipinski definition) is 2. The van der Waals surface area contributed by atoms with E-state index < -0.39 is 0 Å². The van der Waals surface area contributed by atoms with Crippen LogP contribution in [0.3, 0.4) is 0 Å². The molecule has 3 atom stereocenters. The molecule has 0 radical (unpaired) electrons. The minimum absolute atomic E-state index is 0.00548. The third-order valence-electron chi connectivity index (χ3n) is 4.19. The van der Waals surface area contributed by atoms with Crippen LogP contribution >= 0.6 is 11.3 Å². The Hall–Kier alpha value is -1.59. The van der Waals surface area contributed by atoms with E-state index in [9.17, 15) is 4.79 Å². The monoisotopic (exact) mass is 288 g/mol. The molecule has 0 spiro atoms. The third kappa shape index (κ3) is 1.98. The van der Waals surface area contributed by atoms with E-state index in [1.165, 1.54) is 11.3 Å². The fourth-order valence-electron chi connectivity index (χ4n) is 3.20. The van der Waals surface area contributed by atoms with Crippen molar-refractivity contribution in [1.29, 1.82) is 0 Å². The fraction of sp³-hybridized carbons (Fsp3) is 0.400. The highest BCUT2D eigenvalue weighted by molar-refractivity contribution is 7.20. The van der Waals surface area contributed by atoms with Gasteiger partial charge in [0.25, 0.3) is 5.91 Å². The highest BCUT2D eigenvalue weighted by Crippen LogP contribution is 2.35. The van der Waals surface area contributed by atoms with Gasteiger partial charge in [0.1, 0.15) is 0 Å². The Bertz CT molecular complexity index is 682. The van der Waals surface area contributed by atoms with Gasteiger partial charge in [0.05, 0.1) is 23.1 Å². The van der Waals surface area contributed by atoms with E-state index in [-0.39, 0.29) is 18.1 Å². The lowest BCUT2D eigenvalue weighted by molar-refractivity contribution is 0.0844. The summed E-state index contributed by atoms with van der Waals surface area (Å²) in [5, 5.41) is 4.15. The van der Waals surface area contributed by atoms with Gasteiger partial charge in [-0.3, -0.25) is 4.79 Å². The number of rotatable bonds is 2. The molecule has 2 saturated heterocycles. The Morgan fingerprint density at radius 1 is 1.35 bits per heavy atom. The van der Waals surface area contributed by atoms with Crippen molar-refractivity contribution in [3.05, 3.63) is 29.1 Å². The lowest BCUT2D eigenvalue weighted by Gasteiger charge is -2.19. The van der Waals surface area contributed by atoms with Crippen LogP contribution in [-0.4, -0.2) is 24.2 Å². The van der Waals surface area contributed by atoms with Crippen LogP contribution in [0.4, 0.5) is 5.69 Å². The Morgan fingerprint density at radius 2 is 2.25 bits per heavy atom. The first-order valence-corrected chi connectivity index (χ1v) is 7.76. The van der Waals surface area contributed by atoms with Crippen LogP contribution in [0.25, 0.3) is 10.1 Å². The van der Waals surface area contributed by atoms with Gasteiger partial charge in [-0.05, 0) is 48.9 Å². The normalized spacial score (nSPS) is 28.1. The molecular formula is C15H16N2O2S. The van der Waals surface area contributed by atoms with Crippen molar-refractivity contribution in [3.8, 4) is 0 Å². The first kappa shape index (κ1) is 12.2. The molecule has 4 rings (SSSR count). The number of nitrogens with one attached hydrogen (secondary N) is 1. The summed E-state index contributed by atoms with van der Waals surface area (Å²) in [6.07, 6.45) is 3.73. The number of nitrogens with two attached hydrogens (primary N) is 1. The van der Waals surface area contributed by atoms with Gasteiger partial charge in [0.15, 0.2) is 0 Å². The smallest absolute Gasteiger partial charge is 0.261 e. The van der Waals surface area contributed by atoms with Crippen molar-refractivity contribution in [2.75, 3.05) is 5.73 Å². The molecule has 2 aliphatic heterocycles. The predicted octanol–water partition coefficient (Wildman–Crippen LogP) is 2.53. The summed E-state index contributed by atoms with van der Waals surface area (Å²) < 4.78 is 6.86. The Labute approximate surface area is 120 Å². The largest absolute Gasteiger partial charge is 0.399 e. The molecule has 4 nitrogen and oxygen atoms in total. The van der Waals surface area contributed by atoms with E-state index in [0.29, 0.717) is 6.10 Å². The van der Waals surface area contributed by atoms with Gasteiger partial charge < -0.3 is 15.8 Å². The van der Waals surface area contributed by atoms with Crippen LogP contribution in [0, 0.1) is 0 Å². The van der Waals surface area contributed by atoms with Gasteiger partial charge in [-0.25, -0.2) is 0 Å². The molecule has 20 heavy (non-hydrogen) atoms. The number of carbonyl (C=O) groups excluding carboxylic acids is 1. The number of ether oxygens (including phenoxy) is 1. The van der Waals surface area contributed by atoms with E-state index in [4.69, 9.17) is 10.5 Å². The van der Waals surface area contributed by atoms with Crippen LogP contribution in [-0.2, 0) is 4.74 Å². The van der Waals surface area contributed by atoms with E-state index >= 15 is 0 Å². The average Bonchev–Trinajstić information content (AvgIpc) is 3.11. The maximum atomic E-state index is 12.3. The first-order valence-electron chi connectivity index (χ1n) is 6.94. The number of thiophene rings is 1. The van der Waals surface area contributed by atoms with Crippen LogP contribution in [0.15, 0.2) is 24.3 Å². The fourth-order valence-corrected chi connectivity index (χ4v) is 4.15. The van der Waals surface area contributed by atoms with Gasteiger partial charge in [0.2, 0.25) is 0 Å². The van der Waals surface area contributed by atoms with Crippen molar-refractivity contribution in [3.63, 3.8) is 0 Å². The number of amides is 1. The summed E-state index contributed by atoms with van der Waals surface area (Å²) in [4.78, 5) is 13.1. The van der Waals surface area contributed by atoms with Gasteiger partial charge in [-0.1, -0.05) is 0 Å². The van der Waals surface area contributed by atoms with Gasteiger partial charge >= 0.3 is 0 Å². The molecule has 2 aromatic rings. The Kier molecular flexibility index (Phi) is 2.72. The molecule has 3 heterocycles. The van der Waals surface area contributed by atoms with E-state index in [2.05, 4.69) is 5.32 Å². The summed E-state index contributed by atoms with van der Waals surface area (Å²) in [6, 6.07) is 7.83. The van der Waals surface area contributed by atoms with Crippen molar-refractivity contribution < 1.29 is 9.53 Å². The lowest BCUT2D eigenvalue weighted by Crippen LogP contribution is -2.41. The number of nitrogen functional groups attached to an aromatic ring is 1. The molecule has 1 amide bonds. The molecule has 2 aliphatic rings. The summed E-state index contributed by atoms with van der Waals surface area (Å²) in [6.45, 7) is 0. The standard InChI is InChI=1S/C15H16N2O2S/c16-9-1-4-13-8(5-9)6-14(20-13)15(18)17-11-7-10-2-3-12(11)19-10/h1,4-6,10-12H,2-3,7,16H2,(H,17,18). The van der Waals surface area contributed by atoms with E-state index in [0.717, 1.165) is 39.9 Å². The summed E-state index contributed by atoms with van der Waals surface area (Å²) in [5.74, 6) is 0.00548. The van der Waals surface area contributed by atoms with Crippen LogP contribution in [0.1, 0.15) is 28.9 Å². The molecule has 1 aromatic heterocycles. The maximum Gasteiger partial charge on any atom is 0.261 e. The highest BCUT2D eigenvalue weighted by atomic mass is 32.1. The number of carbonyl (C=O) groups is 1. The Balaban J connectivity index is 1.54. The molecule has 0 saturated carbocycles. The summed E-state index contributed by atoms with van der Waals surface area (Å²) in [5.41, 5.74) is 6.50. The van der Waals surface area contributed by atoms with Crippen molar-refractivity contribution in [1.82, 2.24) is 5.32 Å². The van der Waals surface area contributed by atoms with Crippen molar-refractivity contribution in [2.24, 2.45) is 0 Å². The summed E-state index contributed by atoms with van der Waals surface area (Å²) >= 11 is 1.51. The third-order valence-corrected chi connectivity index (χ3v) is 5.30. The van der Waals surface area contributed by atoms with Gasteiger partial charge in [-0.2, -0.15) is 0 Å². The van der Waals surface area contributed by atoms with E-state index in [1.807, 2.05) is 24.3 Å². The highest BCUT2D eigenvalue weighted by Gasteiger charge is 2.41. The zero-order valence-electron chi connectivity index (χ0n) is 11.0. The molecule has 2 fully saturated rings. The number of benzene rings is 1. The molecule has 1 aromatic carbocycles.